The lowest BCUT2D eigenvalue weighted by Gasteiger charge is -2.29. The minimum Gasteiger partial charge on any atom is -0.459 e. The molecular formula is C31H29ClN2O6. The van der Waals surface area contributed by atoms with Crippen LogP contribution in [0.25, 0.3) is 0 Å². The van der Waals surface area contributed by atoms with Crippen molar-refractivity contribution in [1.82, 2.24) is 0 Å². The standard InChI is InChI=1S/C31H29ClN2O6/c1-19-15-23(10-12-26(19)34-30(37)24-11-9-22(32)18-25(24)31(34)38)33-29(36)27-16-21(20-7-3-2-4-8-20)17-28(40-27)39-14-6-5-13-35/h2-4,7-12,15-16,18,21,28,35H,5-6,13-14,17H2,1H3,(H,33,36). The van der Waals surface area contributed by atoms with E-state index in [1.807, 2.05) is 30.3 Å². The number of imide groups is 1. The number of amides is 3. The lowest BCUT2D eigenvalue weighted by Crippen LogP contribution is -2.30. The van der Waals surface area contributed by atoms with Crippen molar-refractivity contribution in [2.45, 2.75) is 38.4 Å². The van der Waals surface area contributed by atoms with Gasteiger partial charge in [-0.25, -0.2) is 4.90 Å². The molecular weight excluding hydrogens is 532 g/mol. The normalized spacial score (nSPS) is 18.3. The first-order valence-electron chi connectivity index (χ1n) is 13.1. The van der Waals surface area contributed by atoms with Gasteiger partial charge in [0.1, 0.15) is 0 Å². The van der Waals surface area contributed by atoms with E-state index in [1.165, 1.54) is 6.07 Å². The maximum Gasteiger partial charge on any atom is 0.290 e. The fraction of sp³-hybridized carbons (Fsp3) is 0.258. The van der Waals surface area contributed by atoms with Crippen LogP contribution in [0.5, 0.6) is 0 Å². The molecule has 0 saturated heterocycles. The van der Waals surface area contributed by atoms with Crippen molar-refractivity contribution in [2.24, 2.45) is 0 Å². The maximum absolute atomic E-state index is 13.3. The van der Waals surface area contributed by atoms with Crippen molar-refractivity contribution in [3.05, 3.63) is 106 Å². The molecule has 0 spiro atoms. The molecule has 2 aliphatic heterocycles. The first-order valence-corrected chi connectivity index (χ1v) is 13.5. The van der Waals surface area contributed by atoms with Crippen LogP contribution in [-0.4, -0.2) is 42.3 Å². The molecule has 3 amide bonds. The predicted molar refractivity (Wildman–Crippen MR) is 151 cm³/mol. The second-order valence-corrected chi connectivity index (χ2v) is 10.2. The summed E-state index contributed by atoms with van der Waals surface area (Å²) in [6.45, 7) is 2.26. The number of ether oxygens (including phenoxy) is 2. The molecule has 2 atom stereocenters. The number of carbonyl (C=O) groups is 3. The van der Waals surface area contributed by atoms with Gasteiger partial charge in [-0.1, -0.05) is 41.9 Å². The summed E-state index contributed by atoms with van der Waals surface area (Å²) in [6.07, 6.45) is 3.05. The zero-order valence-corrected chi connectivity index (χ0v) is 22.7. The molecule has 0 bridgehead atoms. The molecule has 9 heteroatoms. The Bertz CT molecular complexity index is 1470. The number of anilines is 2. The average Bonchev–Trinajstić information content (AvgIpc) is 3.20. The smallest absolute Gasteiger partial charge is 0.290 e. The lowest BCUT2D eigenvalue weighted by atomic mass is 9.93. The number of fused-ring (bicyclic) bond motifs is 1. The van der Waals surface area contributed by atoms with Gasteiger partial charge in [-0.2, -0.15) is 0 Å². The Morgan fingerprint density at radius 3 is 2.58 bits per heavy atom. The van der Waals surface area contributed by atoms with Crippen LogP contribution in [0.3, 0.4) is 0 Å². The Labute approximate surface area is 237 Å². The third-order valence-corrected chi connectivity index (χ3v) is 7.14. The van der Waals surface area contributed by atoms with Gasteiger partial charge in [0.25, 0.3) is 17.7 Å². The number of aliphatic hydroxyl groups is 1. The second-order valence-electron chi connectivity index (χ2n) is 9.72. The third-order valence-electron chi connectivity index (χ3n) is 6.91. The monoisotopic (exact) mass is 560 g/mol. The number of hydrogen-bond donors (Lipinski definition) is 2. The summed E-state index contributed by atoms with van der Waals surface area (Å²) in [5.41, 5.74) is 3.14. The molecule has 8 nitrogen and oxygen atoms in total. The number of nitrogens with one attached hydrogen (secondary N) is 1. The van der Waals surface area contributed by atoms with Gasteiger partial charge in [-0.15, -0.1) is 0 Å². The van der Waals surface area contributed by atoms with E-state index in [9.17, 15) is 14.4 Å². The summed E-state index contributed by atoms with van der Waals surface area (Å²) in [6, 6.07) is 19.4. The first kappa shape index (κ1) is 27.6. The van der Waals surface area contributed by atoms with E-state index in [-0.39, 0.29) is 23.8 Å². The van der Waals surface area contributed by atoms with Gasteiger partial charge in [0.15, 0.2) is 5.76 Å². The third kappa shape index (κ3) is 5.79. The van der Waals surface area contributed by atoms with Gasteiger partial charge in [0, 0.05) is 29.7 Å². The number of aryl methyl sites for hydroxylation is 1. The van der Waals surface area contributed by atoms with Crippen LogP contribution in [0.1, 0.15) is 57.0 Å². The second kappa shape index (κ2) is 12.0. The molecule has 2 unspecified atom stereocenters. The number of unbranched alkanes of at least 4 members (excludes halogenated alkanes) is 1. The highest BCUT2D eigenvalue weighted by molar-refractivity contribution is 6.37. The largest absolute Gasteiger partial charge is 0.459 e. The topological polar surface area (TPSA) is 105 Å². The van der Waals surface area contributed by atoms with Crippen molar-refractivity contribution in [1.29, 1.82) is 0 Å². The van der Waals surface area contributed by atoms with E-state index in [0.29, 0.717) is 53.4 Å². The number of rotatable bonds is 9. The molecule has 206 valence electrons. The van der Waals surface area contributed by atoms with Crippen LogP contribution >= 0.6 is 11.6 Å². The SMILES string of the molecule is Cc1cc(NC(=O)C2=CC(c3ccccc3)CC(OCCCCO)O2)ccc1N1C(=O)c2ccc(Cl)cc2C1=O. The van der Waals surface area contributed by atoms with E-state index in [0.717, 1.165) is 10.5 Å². The van der Waals surface area contributed by atoms with Crippen molar-refractivity contribution in [3.8, 4) is 0 Å². The summed E-state index contributed by atoms with van der Waals surface area (Å²) in [4.78, 5) is 40.4. The van der Waals surface area contributed by atoms with Crippen molar-refractivity contribution in [3.63, 3.8) is 0 Å². The van der Waals surface area contributed by atoms with E-state index >= 15 is 0 Å². The summed E-state index contributed by atoms with van der Waals surface area (Å²) in [5, 5.41) is 12.3. The number of aliphatic hydroxyl groups excluding tert-OH is 1. The number of carbonyl (C=O) groups excluding carboxylic acids is 3. The van der Waals surface area contributed by atoms with Crippen LogP contribution in [0.2, 0.25) is 5.02 Å². The number of halogens is 1. The minimum absolute atomic E-state index is 0.0787. The first-order chi connectivity index (χ1) is 19.4. The number of allylic oxidation sites excluding steroid dienone is 1. The molecule has 0 aliphatic carbocycles. The molecule has 2 heterocycles. The molecule has 3 aromatic rings. The van der Waals surface area contributed by atoms with Gasteiger partial charge >= 0.3 is 0 Å². The van der Waals surface area contributed by atoms with Gasteiger partial charge in [0.05, 0.1) is 23.4 Å². The molecule has 5 rings (SSSR count). The zero-order chi connectivity index (χ0) is 28.2. The van der Waals surface area contributed by atoms with Crippen LogP contribution in [0.4, 0.5) is 11.4 Å². The predicted octanol–water partition coefficient (Wildman–Crippen LogP) is 5.59. The molecule has 3 aromatic carbocycles. The Morgan fingerprint density at radius 2 is 1.82 bits per heavy atom. The molecule has 0 saturated carbocycles. The fourth-order valence-corrected chi connectivity index (χ4v) is 5.06. The molecule has 0 fully saturated rings. The summed E-state index contributed by atoms with van der Waals surface area (Å²) < 4.78 is 11.8. The molecule has 0 aromatic heterocycles. The minimum atomic E-state index is -0.610. The summed E-state index contributed by atoms with van der Waals surface area (Å²) in [7, 11) is 0. The molecule has 2 N–H and O–H groups in total. The van der Waals surface area contributed by atoms with Crippen molar-refractivity contribution >= 4 is 40.7 Å². The highest BCUT2D eigenvalue weighted by Crippen LogP contribution is 2.34. The van der Waals surface area contributed by atoms with Gasteiger partial charge in [-0.3, -0.25) is 14.4 Å². The molecule has 2 aliphatic rings. The van der Waals surface area contributed by atoms with E-state index in [1.54, 1.807) is 43.3 Å². The van der Waals surface area contributed by atoms with Crippen LogP contribution in [0.15, 0.2) is 78.6 Å². The van der Waals surface area contributed by atoms with Gasteiger partial charge in [0.2, 0.25) is 6.29 Å². The Hall–Kier alpha value is -3.98. The van der Waals surface area contributed by atoms with Crippen LogP contribution in [0, 0.1) is 6.92 Å². The quantitative estimate of drug-likeness (QED) is 0.261. The van der Waals surface area contributed by atoms with E-state index in [4.69, 9.17) is 26.2 Å². The number of nitrogens with zero attached hydrogens (tertiary/aromatic N) is 1. The lowest BCUT2D eigenvalue weighted by molar-refractivity contribution is -0.143. The van der Waals surface area contributed by atoms with E-state index < -0.39 is 24.0 Å². The number of hydrogen-bond acceptors (Lipinski definition) is 6. The van der Waals surface area contributed by atoms with E-state index in [2.05, 4.69) is 5.32 Å². The van der Waals surface area contributed by atoms with Gasteiger partial charge in [-0.05, 0) is 73.4 Å². The Morgan fingerprint density at radius 1 is 1.05 bits per heavy atom. The highest BCUT2D eigenvalue weighted by atomic mass is 35.5. The van der Waals surface area contributed by atoms with Crippen LogP contribution < -0.4 is 10.2 Å². The summed E-state index contributed by atoms with van der Waals surface area (Å²) in [5.74, 6) is -1.24. The van der Waals surface area contributed by atoms with Gasteiger partial charge < -0.3 is 19.9 Å². The highest BCUT2D eigenvalue weighted by Gasteiger charge is 2.37. The Kier molecular flexibility index (Phi) is 8.30. The fourth-order valence-electron chi connectivity index (χ4n) is 4.89. The van der Waals surface area contributed by atoms with Crippen LogP contribution in [-0.2, 0) is 14.3 Å². The Balaban J connectivity index is 1.33. The number of benzene rings is 3. The summed E-state index contributed by atoms with van der Waals surface area (Å²) >= 11 is 6.03. The van der Waals surface area contributed by atoms with Crippen molar-refractivity contribution in [2.75, 3.05) is 23.4 Å². The molecule has 40 heavy (non-hydrogen) atoms. The molecule has 0 radical (unpaired) electrons. The average molecular weight is 561 g/mol. The zero-order valence-electron chi connectivity index (χ0n) is 21.9. The van der Waals surface area contributed by atoms with Crippen molar-refractivity contribution < 1.29 is 29.0 Å². The maximum atomic E-state index is 13.3.